The lowest BCUT2D eigenvalue weighted by Gasteiger charge is -2.66. The van der Waals surface area contributed by atoms with Gasteiger partial charge in [-0.15, -0.1) is 0 Å². The molecule has 0 aliphatic heterocycles. The van der Waals surface area contributed by atoms with E-state index in [4.69, 9.17) is 4.74 Å². The van der Waals surface area contributed by atoms with Crippen molar-refractivity contribution in [3.05, 3.63) is 28.8 Å². The maximum absolute atomic E-state index is 14.7. The minimum absolute atomic E-state index is 0.0734. The SMILES string of the molecule is CC(=O)C1C(=O)C(C(C)C)[C@@]2(C)[C@H](OC(=O)C3CCCCC3)[C@]3(C)C(C(=O)c4c(O)ccc(C)c4[C@H]3C)C(=O)[C@@]2(O)C1=O. The maximum Gasteiger partial charge on any atom is 0.309 e. The van der Waals surface area contributed by atoms with Crippen LogP contribution in [0.15, 0.2) is 12.1 Å². The molecule has 3 unspecified atom stereocenters. The van der Waals surface area contributed by atoms with E-state index in [9.17, 15) is 39.0 Å². The smallest absolute Gasteiger partial charge is 0.309 e. The third-order valence-corrected chi connectivity index (χ3v) is 11.5. The van der Waals surface area contributed by atoms with Crippen molar-refractivity contribution in [2.24, 2.45) is 40.4 Å². The lowest BCUT2D eigenvalue weighted by molar-refractivity contribution is -0.249. The van der Waals surface area contributed by atoms with E-state index in [1.165, 1.54) is 13.0 Å². The number of Topliss-reactive ketones (excluding diaryl/α,β-unsaturated/α-hetero) is 5. The first-order valence-corrected chi connectivity index (χ1v) is 15.4. The summed E-state index contributed by atoms with van der Waals surface area (Å²) < 4.78 is 6.41. The standard InChI is InChI=1S/C34H42O9/c1-15(2)24-26(37)22(18(5)35)28(39)34(42)29(40)25-27(38)23-20(36)14-13-16(3)21(23)17(4)32(25,6)31(33(24,34)7)43-30(41)19-11-9-8-10-12-19/h13-15,17,19,22,24-25,31,36,42H,8-12H2,1-7H3/t17-,22?,24?,25?,31-,32+,33+,34+/m1/s1. The summed E-state index contributed by atoms with van der Waals surface area (Å²) in [6, 6.07) is 3.02. The molecule has 3 saturated carbocycles. The van der Waals surface area contributed by atoms with E-state index < -0.39 is 92.9 Å². The highest BCUT2D eigenvalue weighted by Crippen LogP contribution is 2.67. The number of esters is 1. The van der Waals surface area contributed by atoms with Gasteiger partial charge < -0.3 is 14.9 Å². The second-order valence-electron chi connectivity index (χ2n) is 14.1. The molecule has 3 fully saturated rings. The van der Waals surface area contributed by atoms with Gasteiger partial charge in [-0.1, -0.05) is 59.9 Å². The molecule has 43 heavy (non-hydrogen) atoms. The number of hydrogen-bond donors (Lipinski definition) is 2. The van der Waals surface area contributed by atoms with Gasteiger partial charge in [-0.05, 0) is 55.7 Å². The van der Waals surface area contributed by atoms with Crippen molar-refractivity contribution in [3.63, 3.8) is 0 Å². The average Bonchev–Trinajstić information content (AvgIpc) is 2.93. The highest BCUT2D eigenvalue weighted by Gasteiger charge is 2.82. The molecule has 9 nitrogen and oxygen atoms in total. The largest absolute Gasteiger partial charge is 0.507 e. The van der Waals surface area contributed by atoms with Gasteiger partial charge in [0.1, 0.15) is 23.6 Å². The zero-order valence-electron chi connectivity index (χ0n) is 26.0. The Morgan fingerprint density at radius 2 is 1.60 bits per heavy atom. The van der Waals surface area contributed by atoms with Crippen LogP contribution in [-0.4, -0.2) is 56.8 Å². The Labute approximate surface area is 251 Å². The Morgan fingerprint density at radius 3 is 2.16 bits per heavy atom. The number of carbonyl (C=O) groups is 6. The van der Waals surface area contributed by atoms with Crippen molar-refractivity contribution in [2.75, 3.05) is 0 Å². The van der Waals surface area contributed by atoms with Gasteiger partial charge in [-0.25, -0.2) is 0 Å². The van der Waals surface area contributed by atoms with E-state index in [1.807, 2.05) is 0 Å². The van der Waals surface area contributed by atoms with E-state index in [-0.39, 0.29) is 11.3 Å². The molecular weight excluding hydrogens is 552 g/mol. The van der Waals surface area contributed by atoms with Crippen molar-refractivity contribution < 1.29 is 43.7 Å². The predicted octanol–water partition coefficient (Wildman–Crippen LogP) is 4.06. The first kappa shape index (κ1) is 31.2. The summed E-state index contributed by atoms with van der Waals surface area (Å²) in [5.41, 5.74) is -5.40. The quantitative estimate of drug-likeness (QED) is 0.388. The van der Waals surface area contributed by atoms with Gasteiger partial charge in [0, 0.05) is 11.3 Å². The number of phenolic OH excluding ortho intramolecular Hbond substituents is 1. The van der Waals surface area contributed by atoms with Crippen molar-refractivity contribution in [2.45, 2.75) is 98.2 Å². The van der Waals surface area contributed by atoms with Gasteiger partial charge in [0.15, 0.2) is 28.7 Å². The minimum Gasteiger partial charge on any atom is -0.507 e. The number of rotatable bonds is 4. The van der Waals surface area contributed by atoms with Crippen LogP contribution in [0.25, 0.3) is 0 Å². The van der Waals surface area contributed by atoms with Gasteiger partial charge in [-0.3, -0.25) is 28.8 Å². The normalized spacial score (nSPS) is 37.9. The molecule has 2 N–H and O–H groups in total. The predicted molar refractivity (Wildman–Crippen MR) is 154 cm³/mol. The van der Waals surface area contributed by atoms with Crippen LogP contribution in [0.5, 0.6) is 5.75 Å². The minimum atomic E-state index is -2.99. The third kappa shape index (κ3) is 3.85. The number of phenols is 1. The molecule has 4 aliphatic carbocycles. The van der Waals surface area contributed by atoms with Crippen LogP contribution in [-0.2, 0) is 28.7 Å². The second-order valence-corrected chi connectivity index (χ2v) is 14.1. The Bertz CT molecular complexity index is 1450. The topological polar surface area (TPSA) is 152 Å². The number of hydrogen-bond acceptors (Lipinski definition) is 9. The second kappa shape index (κ2) is 10.2. The summed E-state index contributed by atoms with van der Waals surface area (Å²) in [6.45, 7) is 11.1. The molecule has 4 aliphatic rings. The van der Waals surface area contributed by atoms with Crippen LogP contribution in [0.3, 0.4) is 0 Å². The van der Waals surface area contributed by atoms with Crippen molar-refractivity contribution in [1.29, 1.82) is 0 Å². The maximum atomic E-state index is 14.7. The Balaban J connectivity index is 1.85. The fourth-order valence-corrected chi connectivity index (χ4v) is 9.40. The van der Waals surface area contributed by atoms with E-state index >= 15 is 0 Å². The number of aromatic hydroxyl groups is 1. The summed E-state index contributed by atoms with van der Waals surface area (Å²) in [5.74, 6) is -12.2. The summed E-state index contributed by atoms with van der Waals surface area (Å²) in [4.78, 5) is 84.0. The van der Waals surface area contributed by atoms with E-state index in [1.54, 1.807) is 40.7 Å². The summed E-state index contributed by atoms with van der Waals surface area (Å²) in [7, 11) is 0. The monoisotopic (exact) mass is 594 g/mol. The van der Waals surface area contributed by atoms with E-state index in [0.717, 1.165) is 26.2 Å². The van der Waals surface area contributed by atoms with Crippen LogP contribution < -0.4 is 0 Å². The molecule has 0 radical (unpaired) electrons. The van der Waals surface area contributed by atoms with Gasteiger partial charge in [0.2, 0.25) is 0 Å². The molecule has 1 aromatic carbocycles. The van der Waals surface area contributed by atoms with Gasteiger partial charge >= 0.3 is 5.97 Å². The van der Waals surface area contributed by atoms with Crippen molar-refractivity contribution >= 4 is 34.9 Å². The summed E-state index contributed by atoms with van der Waals surface area (Å²) >= 11 is 0. The molecule has 0 spiro atoms. The van der Waals surface area contributed by atoms with E-state index in [0.29, 0.717) is 24.0 Å². The Morgan fingerprint density at radius 1 is 1.00 bits per heavy atom. The summed E-state index contributed by atoms with van der Waals surface area (Å²) in [6.07, 6.45) is 2.38. The Kier molecular flexibility index (Phi) is 7.39. The van der Waals surface area contributed by atoms with Crippen LogP contribution in [0.4, 0.5) is 0 Å². The van der Waals surface area contributed by atoms with Gasteiger partial charge in [-0.2, -0.15) is 0 Å². The molecule has 0 amide bonds. The van der Waals surface area contributed by atoms with E-state index in [2.05, 4.69) is 0 Å². The third-order valence-electron chi connectivity index (χ3n) is 11.5. The zero-order chi connectivity index (χ0) is 32.0. The molecule has 1 aromatic rings. The number of carbonyl (C=O) groups excluding carboxylic acids is 6. The number of ether oxygens (including phenoxy) is 1. The van der Waals surface area contributed by atoms with Gasteiger partial charge in [0.05, 0.1) is 22.8 Å². The highest BCUT2D eigenvalue weighted by molar-refractivity contribution is 6.33. The first-order valence-electron chi connectivity index (χ1n) is 15.4. The number of aliphatic hydroxyl groups is 1. The fourth-order valence-electron chi connectivity index (χ4n) is 9.40. The lowest BCUT2D eigenvalue weighted by atomic mass is 9.37. The van der Waals surface area contributed by atoms with Crippen molar-refractivity contribution in [1.82, 2.24) is 0 Å². The molecule has 9 heteroatoms. The molecule has 0 aromatic heterocycles. The molecular formula is C34H42O9. The molecule has 0 heterocycles. The number of fused-ring (bicyclic) bond motifs is 3. The van der Waals surface area contributed by atoms with Crippen molar-refractivity contribution in [3.8, 4) is 5.75 Å². The molecule has 0 bridgehead atoms. The number of ketones is 5. The average molecular weight is 595 g/mol. The van der Waals surface area contributed by atoms with Crippen LogP contribution >= 0.6 is 0 Å². The number of benzene rings is 1. The zero-order valence-corrected chi connectivity index (χ0v) is 26.0. The fraction of sp³-hybridized carbons (Fsp3) is 0.647. The molecule has 5 rings (SSSR count). The highest BCUT2D eigenvalue weighted by atomic mass is 16.5. The molecule has 0 saturated heterocycles. The summed E-state index contributed by atoms with van der Waals surface area (Å²) in [5, 5.41) is 23.4. The Hall–Kier alpha value is -3.20. The van der Waals surface area contributed by atoms with Gasteiger partial charge in [0.25, 0.3) is 0 Å². The lowest BCUT2D eigenvalue weighted by Crippen LogP contribution is -2.82. The van der Waals surface area contributed by atoms with Crippen LogP contribution in [0.1, 0.15) is 101 Å². The number of aryl methyl sites for hydroxylation is 1. The van der Waals surface area contributed by atoms with Crippen LogP contribution in [0, 0.1) is 47.3 Å². The molecule has 8 atom stereocenters. The molecule has 232 valence electrons. The first-order chi connectivity index (χ1) is 20.0. The van der Waals surface area contributed by atoms with Crippen LogP contribution in [0.2, 0.25) is 0 Å².